The number of aromatic nitrogens is 1. The van der Waals surface area contributed by atoms with Gasteiger partial charge in [0.05, 0.1) is 35.1 Å². The van der Waals surface area contributed by atoms with Gasteiger partial charge in [0, 0.05) is 11.8 Å². The number of nitrogens with zero attached hydrogens (tertiary/aromatic N) is 3. The minimum Gasteiger partial charge on any atom is -0.256 e. The van der Waals surface area contributed by atoms with Crippen molar-refractivity contribution >= 4 is 0 Å². The predicted octanol–water partition coefficient (Wildman–Crippen LogP) is 3.67. The zero-order valence-corrected chi connectivity index (χ0v) is 12.0. The third-order valence-corrected chi connectivity index (χ3v) is 4.63. The maximum Gasteiger partial charge on any atom is 0.0747 e. The quantitative estimate of drug-likeness (QED) is 0.838. The molecule has 1 aliphatic rings. The lowest BCUT2D eigenvalue weighted by Crippen LogP contribution is -2.38. The second-order valence-electron chi connectivity index (χ2n) is 5.52. The Morgan fingerprint density at radius 2 is 1.57 bits per heavy atom. The second-order valence-corrected chi connectivity index (χ2v) is 5.52. The molecule has 102 valence electrons. The van der Waals surface area contributed by atoms with Crippen molar-refractivity contribution in [3.05, 3.63) is 53.7 Å². The van der Waals surface area contributed by atoms with Gasteiger partial charge in [0.2, 0.25) is 0 Å². The highest BCUT2D eigenvalue weighted by Gasteiger charge is 2.51. The summed E-state index contributed by atoms with van der Waals surface area (Å²) in [7, 11) is 0. The SMILES string of the molecule is CC(C#N)C1(C(C)C#N)c2ccccc2-c2ncccc21. The van der Waals surface area contributed by atoms with E-state index in [1.54, 1.807) is 6.20 Å². The van der Waals surface area contributed by atoms with Crippen molar-refractivity contribution in [3.8, 4) is 23.4 Å². The summed E-state index contributed by atoms with van der Waals surface area (Å²) in [4.78, 5) is 4.51. The first kappa shape index (κ1) is 13.3. The molecule has 3 heteroatoms. The van der Waals surface area contributed by atoms with E-state index in [0.717, 1.165) is 22.4 Å². The molecule has 0 bridgehead atoms. The summed E-state index contributed by atoms with van der Waals surface area (Å²) >= 11 is 0. The first-order chi connectivity index (χ1) is 10.2. The lowest BCUT2D eigenvalue weighted by molar-refractivity contribution is 0.344. The highest BCUT2D eigenvalue weighted by Crippen LogP contribution is 2.55. The van der Waals surface area contributed by atoms with Gasteiger partial charge in [0.25, 0.3) is 0 Å². The molecule has 1 aliphatic carbocycles. The van der Waals surface area contributed by atoms with Crippen LogP contribution in [0.4, 0.5) is 0 Å². The van der Waals surface area contributed by atoms with E-state index < -0.39 is 5.41 Å². The van der Waals surface area contributed by atoms with E-state index in [2.05, 4.69) is 17.1 Å². The molecule has 21 heavy (non-hydrogen) atoms. The summed E-state index contributed by atoms with van der Waals surface area (Å²) in [5, 5.41) is 19.2. The Kier molecular flexibility index (Phi) is 3.00. The molecule has 2 atom stereocenters. The largest absolute Gasteiger partial charge is 0.256 e. The molecule has 3 rings (SSSR count). The van der Waals surface area contributed by atoms with Gasteiger partial charge in [-0.25, -0.2) is 0 Å². The Morgan fingerprint density at radius 3 is 2.24 bits per heavy atom. The number of benzene rings is 1. The smallest absolute Gasteiger partial charge is 0.0747 e. The second kappa shape index (κ2) is 4.72. The molecule has 1 aromatic heterocycles. The molecule has 3 nitrogen and oxygen atoms in total. The Hall–Kier alpha value is -2.65. The predicted molar refractivity (Wildman–Crippen MR) is 80.0 cm³/mol. The van der Waals surface area contributed by atoms with Crippen molar-refractivity contribution in [2.45, 2.75) is 19.3 Å². The van der Waals surface area contributed by atoms with Crippen LogP contribution in [0.15, 0.2) is 42.6 Å². The Labute approximate surface area is 124 Å². The Balaban J connectivity index is 2.45. The van der Waals surface area contributed by atoms with Gasteiger partial charge in [-0.2, -0.15) is 10.5 Å². The summed E-state index contributed by atoms with van der Waals surface area (Å²) in [5.74, 6) is -0.613. The minimum atomic E-state index is -0.607. The van der Waals surface area contributed by atoms with Gasteiger partial charge in [-0.1, -0.05) is 30.3 Å². The fourth-order valence-corrected chi connectivity index (χ4v) is 3.66. The lowest BCUT2D eigenvalue weighted by atomic mass is 9.63. The number of nitriles is 2. The molecule has 0 saturated carbocycles. The fraction of sp³-hybridized carbons (Fsp3) is 0.278. The van der Waals surface area contributed by atoms with Crippen molar-refractivity contribution in [2.24, 2.45) is 11.8 Å². The minimum absolute atomic E-state index is 0.307. The van der Waals surface area contributed by atoms with Crippen LogP contribution in [0.3, 0.4) is 0 Å². The van der Waals surface area contributed by atoms with Gasteiger partial charge in [-0.3, -0.25) is 4.98 Å². The number of fused-ring (bicyclic) bond motifs is 3. The monoisotopic (exact) mass is 273 g/mol. The van der Waals surface area contributed by atoms with Crippen LogP contribution in [0.1, 0.15) is 25.0 Å². The summed E-state index contributed by atoms with van der Waals surface area (Å²) in [6.07, 6.45) is 1.76. The summed E-state index contributed by atoms with van der Waals surface area (Å²) < 4.78 is 0. The van der Waals surface area contributed by atoms with Crippen LogP contribution in [0.25, 0.3) is 11.3 Å². The molecular formula is C18H15N3. The van der Waals surface area contributed by atoms with Gasteiger partial charge in [0.1, 0.15) is 0 Å². The van der Waals surface area contributed by atoms with Gasteiger partial charge >= 0.3 is 0 Å². The number of hydrogen-bond acceptors (Lipinski definition) is 3. The Bertz CT molecular complexity index is 712. The van der Waals surface area contributed by atoms with Crippen LogP contribution in [0.5, 0.6) is 0 Å². The van der Waals surface area contributed by atoms with Gasteiger partial charge < -0.3 is 0 Å². The van der Waals surface area contributed by atoms with E-state index in [4.69, 9.17) is 0 Å². The first-order valence-electron chi connectivity index (χ1n) is 7.02. The van der Waals surface area contributed by atoms with Crippen molar-refractivity contribution in [1.82, 2.24) is 4.98 Å². The van der Waals surface area contributed by atoms with E-state index >= 15 is 0 Å². The summed E-state index contributed by atoms with van der Waals surface area (Å²) in [5.41, 5.74) is 3.37. The average Bonchev–Trinajstić information content (AvgIpc) is 2.85. The van der Waals surface area contributed by atoms with Crippen LogP contribution in [-0.4, -0.2) is 4.98 Å². The maximum atomic E-state index is 9.58. The fourth-order valence-electron chi connectivity index (χ4n) is 3.66. The van der Waals surface area contributed by atoms with E-state index in [-0.39, 0.29) is 11.8 Å². The molecule has 0 fully saturated rings. The highest BCUT2D eigenvalue weighted by atomic mass is 14.7. The van der Waals surface area contributed by atoms with E-state index in [9.17, 15) is 10.5 Å². The van der Waals surface area contributed by atoms with Gasteiger partial charge in [0.15, 0.2) is 0 Å². The third-order valence-electron chi connectivity index (χ3n) is 4.63. The summed E-state index contributed by atoms with van der Waals surface area (Å²) in [6.45, 7) is 3.79. The normalized spacial score (nSPS) is 21.5. The third kappa shape index (κ3) is 1.55. The van der Waals surface area contributed by atoms with Crippen molar-refractivity contribution < 1.29 is 0 Å². The van der Waals surface area contributed by atoms with Crippen LogP contribution in [0, 0.1) is 34.5 Å². The van der Waals surface area contributed by atoms with Crippen LogP contribution < -0.4 is 0 Å². The zero-order chi connectivity index (χ0) is 15.0. The first-order valence-corrected chi connectivity index (χ1v) is 7.02. The van der Waals surface area contributed by atoms with Crippen molar-refractivity contribution in [2.75, 3.05) is 0 Å². The molecule has 1 aromatic carbocycles. The Morgan fingerprint density at radius 1 is 0.952 bits per heavy atom. The van der Waals surface area contributed by atoms with Crippen LogP contribution >= 0.6 is 0 Å². The molecule has 0 radical (unpaired) electrons. The average molecular weight is 273 g/mol. The van der Waals surface area contributed by atoms with Crippen LogP contribution in [0.2, 0.25) is 0 Å². The topological polar surface area (TPSA) is 60.5 Å². The standard InChI is InChI=1S/C18H15N3/c1-12(10-19)18(13(2)11-20)15-7-4-3-6-14(15)17-16(18)8-5-9-21-17/h3-9,12-13H,1-2H3. The maximum absolute atomic E-state index is 9.58. The molecule has 0 N–H and O–H groups in total. The molecule has 2 aromatic rings. The molecule has 0 aliphatic heterocycles. The number of hydrogen-bond donors (Lipinski definition) is 0. The van der Waals surface area contributed by atoms with E-state index in [1.165, 1.54) is 0 Å². The van der Waals surface area contributed by atoms with Crippen LogP contribution in [-0.2, 0) is 5.41 Å². The van der Waals surface area contributed by atoms with Gasteiger partial charge in [-0.15, -0.1) is 0 Å². The molecule has 0 amide bonds. The van der Waals surface area contributed by atoms with Gasteiger partial charge in [-0.05, 0) is 31.0 Å². The molecule has 0 spiro atoms. The van der Waals surface area contributed by atoms with Crippen molar-refractivity contribution in [1.29, 1.82) is 10.5 Å². The van der Waals surface area contributed by atoms with Crippen molar-refractivity contribution in [3.63, 3.8) is 0 Å². The summed E-state index contributed by atoms with van der Waals surface area (Å²) in [6, 6.07) is 16.6. The zero-order valence-electron chi connectivity index (χ0n) is 12.0. The number of pyridine rings is 1. The van der Waals surface area contributed by atoms with E-state index in [0.29, 0.717) is 0 Å². The molecular weight excluding hydrogens is 258 g/mol. The molecule has 1 heterocycles. The lowest BCUT2D eigenvalue weighted by Gasteiger charge is -2.36. The number of rotatable bonds is 2. The molecule has 0 saturated heterocycles. The highest BCUT2D eigenvalue weighted by molar-refractivity contribution is 5.79. The molecule has 2 unspecified atom stereocenters. The van der Waals surface area contributed by atoms with E-state index in [1.807, 2.05) is 50.2 Å².